The van der Waals surface area contributed by atoms with Crippen LogP contribution in [0.4, 0.5) is 0 Å². The quantitative estimate of drug-likeness (QED) is 0.819. The van der Waals surface area contributed by atoms with Crippen molar-refractivity contribution in [3.63, 3.8) is 0 Å². The van der Waals surface area contributed by atoms with Crippen LogP contribution < -0.4 is 0 Å². The molecule has 1 aromatic heterocycles. The van der Waals surface area contributed by atoms with E-state index >= 15 is 0 Å². The number of amides is 1. The molecule has 0 bridgehead atoms. The van der Waals surface area contributed by atoms with Crippen LogP contribution in [0.25, 0.3) is 0 Å². The topological polar surface area (TPSA) is 47.4 Å². The minimum atomic E-state index is 0.120. The molecule has 24 heavy (non-hydrogen) atoms. The smallest absolute Gasteiger partial charge is 0.244 e. The molecule has 0 saturated carbocycles. The van der Waals surface area contributed by atoms with E-state index in [1.54, 1.807) is 4.68 Å². The summed E-state index contributed by atoms with van der Waals surface area (Å²) in [6.07, 6.45) is 5.12. The maximum atomic E-state index is 12.4. The largest absolute Gasteiger partial charge is 0.375 e. The van der Waals surface area contributed by atoms with E-state index in [1.165, 1.54) is 5.56 Å². The van der Waals surface area contributed by atoms with Gasteiger partial charge in [-0.25, -0.2) is 0 Å². The molecule has 0 N–H and O–H groups in total. The summed E-state index contributed by atoms with van der Waals surface area (Å²) >= 11 is 0. The third-order valence-corrected chi connectivity index (χ3v) is 4.40. The molecule has 1 saturated heterocycles. The normalized spacial score (nSPS) is 17.9. The summed E-state index contributed by atoms with van der Waals surface area (Å²) in [6.45, 7) is 4.23. The van der Waals surface area contributed by atoms with Crippen LogP contribution in [-0.4, -0.2) is 46.4 Å². The predicted octanol–water partition coefficient (Wildman–Crippen LogP) is 2.44. The van der Waals surface area contributed by atoms with Gasteiger partial charge in [0.15, 0.2) is 0 Å². The lowest BCUT2D eigenvalue weighted by Gasteiger charge is -2.33. The Labute approximate surface area is 143 Å². The lowest BCUT2D eigenvalue weighted by atomic mass is 10.1. The van der Waals surface area contributed by atoms with Gasteiger partial charge in [0.05, 0.1) is 18.4 Å². The van der Waals surface area contributed by atoms with Crippen molar-refractivity contribution in [1.82, 2.24) is 14.7 Å². The molecule has 0 unspecified atom stereocenters. The summed E-state index contributed by atoms with van der Waals surface area (Å²) < 4.78 is 7.54. The first-order valence-electron chi connectivity index (χ1n) is 8.64. The Balaban J connectivity index is 1.44. The van der Waals surface area contributed by atoms with Crippen LogP contribution in [-0.2, 0) is 22.5 Å². The summed E-state index contributed by atoms with van der Waals surface area (Å²) in [5, 5.41) is 4.29. The molecule has 2 aromatic rings. The van der Waals surface area contributed by atoms with E-state index in [-0.39, 0.29) is 12.0 Å². The van der Waals surface area contributed by atoms with Gasteiger partial charge in [-0.1, -0.05) is 30.3 Å². The first-order valence-corrected chi connectivity index (χ1v) is 8.64. The van der Waals surface area contributed by atoms with Crippen LogP contribution in [0.15, 0.2) is 42.6 Å². The number of ether oxygens (including phenoxy) is 1. The summed E-state index contributed by atoms with van der Waals surface area (Å²) in [6, 6.07) is 12.4. The Morgan fingerprint density at radius 3 is 2.88 bits per heavy atom. The Morgan fingerprint density at radius 2 is 2.12 bits per heavy atom. The van der Waals surface area contributed by atoms with Crippen molar-refractivity contribution < 1.29 is 9.53 Å². The molecule has 2 heterocycles. The maximum Gasteiger partial charge on any atom is 0.244 e. The van der Waals surface area contributed by atoms with Gasteiger partial charge in [-0.3, -0.25) is 9.48 Å². The molecular formula is C19H25N3O2. The molecule has 0 spiro atoms. The van der Waals surface area contributed by atoms with E-state index in [4.69, 9.17) is 4.74 Å². The van der Waals surface area contributed by atoms with E-state index in [0.29, 0.717) is 26.2 Å². The zero-order valence-corrected chi connectivity index (χ0v) is 14.2. The van der Waals surface area contributed by atoms with Crippen LogP contribution in [0.2, 0.25) is 0 Å². The van der Waals surface area contributed by atoms with Gasteiger partial charge in [0.25, 0.3) is 0 Å². The Hall–Kier alpha value is -2.14. The number of benzene rings is 1. The molecule has 1 amide bonds. The van der Waals surface area contributed by atoms with Crippen LogP contribution in [0.1, 0.15) is 24.1 Å². The molecule has 1 aromatic carbocycles. The number of hydrogen-bond donors (Lipinski definition) is 0. The summed E-state index contributed by atoms with van der Waals surface area (Å²) in [5.41, 5.74) is 2.29. The second kappa shape index (κ2) is 8.11. The third-order valence-electron chi connectivity index (χ3n) is 4.40. The SMILES string of the molecule is Cc1ccn(CC(=O)N2CCO[C@@H](CCCc3ccccc3)C2)n1. The standard InChI is InChI=1S/C19H25N3O2/c1-16-10-11-22(20-16)15-19(23)21-12-13-24-18(14-21)9-5-8-17-6-3-2-4-7-17/h2-4,6-7,10-11,18H,5,8-9,12-15H2,1H3/t18-/m0/s1. The van der Waals surface area contributed by atoms with E-state index in [1.807, 2.05) is 30.2 Å². The molecule has 1 aliphatic heterocycles. The number of aryl methyl sites for hydroxylation is 2. The molecule has 1 aliphatic rings. The fourth-order valence-corrected chi connectivity index (χ4v) is 3.09. The summed E-state index contributed by atoms with van der Waals surface area (Å²) in [5.74, 6) is 0.120. The van der Waals surface area contributed by atoms with Crippen LogP contribution in [0, 0.1) is 6.92 Å². The number of carbonyl (C=O) groups is 1. The van der Waals surface area contributed by atoms with Gasteiger partial charge in [0, 0.05) is 19.3 Å². The molecule has 1 atom stereocenters. The van der Waals surface area contributed by atoms with Gasteiger partial charge in [-0.2, -0.15) is 5.10 Å². The number of morpholine rings is 1. The average molecular weight is 327 g/mol. The number of carbonyl (C=O) groups excluding carboxylic acids is 1. The van der Waals surface area contributed by atoms with Crippen molar-refractivity contribution in [3.8, 4) is 0 Å². The van der Waals surface area contributed by atoms with Crippen molar-refractivity contribution >= 4 is 5.91 Å². The molecule has 5 nitrogen and oxygen atoms in total. The molecule has 1 fully saturated rings. The Bertz CT molecular complexity index is 654. The average Bonchev–Trinajstić information content (AvgIpc) is 3.01. The third kappa shape index (κ3) is 4.68. The second-order valence-electron chi connectivity index (χ2n) is 6.37. The van der Waals surface area contributed by atoms with Crippen molar-refractivity contribution in [2.75, 3.05) is 19.7 Å². The first kappa shape index (κ1) is 16.7. The van der Waals surface area contributed by atoms with Gasteiger partial charge in [0.2, 0.25) is 5.91 Å². The van der Waals surface area contributed by atoms with E-state index in [0.717, 1.165) is 25.0 Å². The number of nitrogens with zero attached hydrogens (tertiary/aromatic N) is 3. The molecule has 0 aliphatic carbocycles. The zero-order valence-electron chi connectivity index (χ0n) is 14.2. The highest BCUT2D eigenvalue weighted by Crippen LogP contribution is 2.14. The monoisotopic (exact) mass is 327 g/mol. The molecule has 128 valence electrons. The fourth-order valence-electron chi connectivity index (χ4n) is 3.09. The lowest BCUT2D eigenvalue weighted by Crippen LogP contribution is -2.46. The van der Waals surface area contributed by atoms with Crippen molar-refractivity contribution in [1.29, 1.82) is 0 Å². The minimum Gasteiger partial charge on any atom is -0.375 e. The summed E-state index contributed by atoms with van der Waals surface area (Å²) in [4.78, 5) is 14.3. The molecule has 0 radical (unpaired) electrons. The number of aromatic nitrogens is 2. The fraction of sp³-hybridized carbons (Fsp3) is 0.474. The van der Waals surface area contributed by atoms with E-state index < -0.39 is 0 Å². The Morgan fingerprint density at radius 1 is 1.29 bits per heavy atom. The highest BCUT2D eigenvalue weighted by atomic mass is 16.5. The first-order chi connectivity index (χ1) is 11.7. The van der Waals surface area contributed by atoms with Crippen molar-refractivity contribution in [3.05, 3.63) is 53.9 Å². The van der Waals surface area contributed by atoms with Crippen LogP contribution >= 0.6 is 0 Å². The maximum absolute atomic E-state index is 12.4. The molecular weight excluding hydrogens is 302 g/mol. The van der Waals surface area contributed by atoms with Gasteiger partial charge in [0.1, 0.15) is 6.54 Å². The van der Waals surface area contributed by atoms with Gasteiger partial charge >= 0.3 is 0 Å². The van der Waals surface area contributed by atoms with Crippen molar-refractivity contribution in [2.24, 2.45) is 0 Å². The molecule has 5 heteroatoms. The highest BCUT2D eigenvalue weighted by Gasteiger charge is 2.24. The minimum absolute atomic E-state index is 0.120. The lowest BCUT2D eigenvalue weighted by molar-refractivity contribution is -0.139. The van der Waals surface area contributed by atoms with Gasteiger partial charge < -0.3 is 9.64 Å². The molecule has 3 rings (SSSR count). The van der Waals surface area contributed by atoms with Crippen molar-refractivity contribution in [2.45, 2.75) is 38.8 Å². The van der Waals surface area contributed by atoms with Gasteiger partial charge in [-0.05, 0) is 37.8 Å². The number of rotatable bonds is 6. The van der Waals surface area contributed by atoms with Gasteiger partial charge in [-0.15, -0.1) is 0 Å². The second-order valence-corrected chi connectivity index (χ2v) is 6.37. The number of hydrogen-bond acceptors (Lipinski definition) is 3. The van der Waals surface area contributed by atoms with E-state index in [9.17, 15) is 4.79 Å². The van der Waals surface area contributed by atoms with Crippen LogP contribution in [0.5, 0.6) is 0 Å². The highest BCUT2D eigenvalue weighted by molar-refractivity contribution is 5.76. The van der Waals surface area contributed by atoms with E-state index in [2.05, 4.69) is 29.4 Å². The Kier molecular flexibility index (Phi) is 5.64. The predicted molar refractivity (Wildman–Crippen MR) is 92.7 cm³/mol. The van der Waals surface area contributed by atoms with Crippen LogP contribution in [0.3, 0.4) is 0 Å². The zero-order chi connectivity index (χ0) is 16.8. The summed E-state index contributed by atoms with van der Waals surface area (Å²) in [7, 11) is 0.